The highest BCUT2D eigenvalue weighted by molar-refractivity contribution is 7.94. The van der Waals surface area contributed by atoms with E-state index in [1.165, 1.54) is 54.2 Å². The number of urea groups is 1. The first-order valence-corrected chi connectivity index (χ1v) is 28.7. The number of benzene rings is 5. The Bertz CT molecular complexity index is 3670. The second-order valence-corrected chi connectivity index (χ2v) is 23.6. The van der Waals surface area contributed by atoms with Crippen LogP contribution in [0.2, 0.25) is 10.0 Å². The highest BCUT2D eigenvalue weighted by Crippen LogP contribution is 2.47. The number of hydrogen-bond donors (Lipinski definition) is 5. The van der Waals surface area contributed by atoms with Crippen molar-refractivity contribution in [1.82, 2.24) is 29.8 Å². The lowest BCUT2D eigenvalue weighted by molar-refractivity contribution is -0.195. The van der Waals surface area contributed by atoms with Crippen molar-refractivity contribution in [2.75, 3.05) is 9.62 Å². The maximum atomic E-state index is 12.6. The molecule has 1 spiro atoms. The third-order valence-electron chi connectivity index (χ3n) is 13.5. The van der Waals surface area contributed by atoms with E-state index in [0.717, 1.165) is 102 Å². The van der Waals surface area contributed by atoms with Gasteiger partial charge in [0.15, 0.2) is 0 Å². The average Bonchev–Trinajstić information content (AvgIpc) is 4.16. The van der Waals surface area contributed by atoms with Gasteiger partial charge in [-0.2, -0.15) is 24.7 Å². The largest absolute Gasteiger partial charge is 0.345 e. The molecule has 2 aliphatic heterocycles. The number of anilines is 2. The van der Waals surface area contributed by atoms with E-state index in [2.05, 4.69) is 57.9 Å². The van der Waals surface area contributed by atoms with Crippen LogP contribution in [0.25, 0.3) is 42.8 Å². The van der Waals surface area contributed by atoms with E-state index in [9.17, 15) is 18.0 Å². The monoisotopic (exact) mass is 1120 g/mol. The number of aromatic nitrogens is 4. The van der Waals surface area contributed by atoms with E-state index in [-0.39, 0.29) is 18.1 Å². The van der Waals surface area contributed by atoms with E-state index in [1.807, 2.05) is 66.3 Å². The molecule has 3 aromatic heterocycles. The van der Waals surface area contributed by atoms with Gasteiger partial charge in [-0.05, 0) is 97.0 Å². The van der Waals surface area contributed by atoms with Gasteiger partial charge in [0.2, 0.25) is 4.80 Å². The van der Waals surface area contributed by atoms with Crippen LogP contribution in [-0.4, -0.2) is 46.1 Å². The molecule has 8 aromatic rings. The van der Waals surface area contributed by atoms with Gasteiger partial charge in [-0.15, -0.1) is 20.7 Å². The van der Waals surface area contributed by atoms with Crippen LogP contribution < -0.4 is 30.4 Å². The molecule has 6 N–H and O–H groups in total. The van der Waals surface area contributed by atoms with Crippen LogP contribution in [0, 0.1) is 11.3 Å². The number of aromatic amines is 1. The number of rotatable bonds is 8. The first kappa shape index (κ1) is 52.1. The second-order valence-electron chi connectivity index (χ2n) is 18.4. The Morgan fingerprint density at radius 1 is 0.907 bits per heavy atom. The Morgan fingerprint density at radius 3 is 2.44 bits per heavy atom. The van der Waals surface area contributed by atoms with E-state index in [4.69, 9.17) is 39.4 Å². The topological polar surface area (TPSA) is 235 Å². The summed E-state index contributed by atoms with van der Waals surface area (Å²) in [5, 5.41) is 22.3. The molecule has 23 heteroatoms. The number of thiophene rings is 1. The molecule has 4 aliphatic rings. The number of nitrogens with one attached hydrogen (secondary N) is 4. The number of nitriles is 1. The Kier molecular flexibility index (Phi) is 15.6. The maximum Gasteiger partial charge on any atom is 0.326 e. The fraction of sp³-hybridized carbons (Fsp3) is 0.269. The standard InChI is InChI=1S/C20H19ClN4O.C17H11N3O3S2.C15H19ClN4O2S2/c21-15-9-13(12-4-5-16-17(10-12)23-11-22-16)8-14-18(15)24-19(26)25-20(14)6-2-1-3-7-20;18-9-11-5-7-12(8-6-11)10-20-15-13-3-1-2-4-14(13)24-16(15)17(21)19-25(20,22)23;1-20-15(18-11-5-3-2-4-6-11)23-14(19-20)10-7-8-12(16)13(9-10)24-22-21-17/h4-5,8-11H,1-3,6-7H2,(H,22,23)(H2,24,25,26);1-8H,10H2,(H,19,21);7-9,11H,2-6,17H2,1H3. The summed E-state index contributed by atoms with van der Waals surface area (Å²) >= 11 is 16.6. The van der Waals surface area contributed by atoms with Crippen molar-refractivity contribution in [3.05, 3.63) is 140 Å². The Labute approximate surface area is 454 Å². The summed E-state index contributed by atoms with van der Waals surface area (Å²) in [6.07, 6.45) is 13.2. The Morgan fingerprint density at radius 2 is 1.67 bits per heavy atom. The first-order chi connectivity index (χ1) is 36.3. The fourth-order valence-corrected chi connectivity index (χ4v) is 14.1. The van der Waals surface area contributed by atoms with Gasteiger partial charge in [-0.3, -0.25) is 9.79 Å². The minimum absolute atomic E-state index is 0.0715. The Balaban J connectivity index is 0.000000128. The van der Waals surface area contributed by atoms with Crippen molar-refractivity contribution in [3.63, 3.8) is 0 Å². The van der Waals surface area contributed by atoms with E-state index >= 15 is 0 Å². The molecular weight excluding hydrogens is 1070 g/mol. The molecule has 12 rings (SSSR count). The summed E-state index contributed by atoms with van der Waals surface area (Å²) in [6.45, 7) is 0.0715. The minimum atomic E-state index is -3.99. The number of carbonyl (C=O) groups excluding carboxylic acids is 2. The van der Waals surface area contributed by atoms with Crippen LogP contribution in [0.15, 0.2) is 113 Å². The number of H-pyrrole nitrogens is 1. The zero-order valence-electron chi connectivity index (χ0n) is 40.3. The Hall–Kier alpha value is -6.32. The van der Waals surface area contributed by atoms with Crippen LogP contribution >= 0.6 is 57.9 Å². The predicted octanol–water partition coefficient (Wildman–Crippen LogP) is 11.8. The maximum absolute atomic E-state index is 12.6. The fourth-order valence-electron chi connectivity index (χ4n) is 9.86. The van der Waals surface area contributed by atoms with Crippen LogP contribution in [0.5, 0.6) is 0 Å². The second kappa shape index (κ2) is 22.5. The van der Waals surface area contributed by atoms with Crippen LogP contribution in [0.3, 0.4) is 0 Å². The molecule has 0 unspecified atom stereocenters. The molecule has 17 nitrogen and oxygen atoms in total. The molecular formula is C52H49Cl2N11O6S4. The number of hydrogen-bond acceptors (Lipinski definition) is 14. The summed E-state index contributed by atoms with van der Waals surface area (Å²) in [7, 11) is -2.06. The first-order valence-electron chi connectivity index (χ1n) is 24.1. The highest BCUT2D eigenvalue weighted by atomic mass is 35.5. The zero-order valence-corrected chi connectivity index (χ0v) is 45.0. The third-order valence-corrected chi connectivity index (χ3v) is 18.5. The van der Waals surface area contributed by atoms with Gasteiger partial charge < -0.3 is 15.6 Å². The molecule has 0 radical (unpaired) electrons. The van der Waals surface area contributed by atoms with Gasteiger partial charge in [0.05, 0.1) is 85.5 Å². The highest BCUT2D eigenvalue weighted by Gasteiger charge is 2.42. The van der Waals surface area contributed by atoms with Crippen molar-refractivity contribution in [1.29, 1.82) is 5.26 Å². The van der Waals surface area contributed by atoms with Gasteiger partial charge >= 0.3 is 16.2 Å². The number of nitrogens with two attached hydrogens (primary N) is 1. The molecule has 3 amide bonds. The molecule has 5 heterocycles. The lowest BCUT2D eigenvalue weighted by Gasteiger charge is -2.43. The summed E-state index contributed by atoms with van der Waals surface area (Å²) < 4.78 is 35.8. The predicted molar refractivity (Wildman–Crippen MR) is 295 cm³/mol. The van der Waals surface area contributed by atoms with E-state index in [1.54, 1.807) is 48.0 Å². The molecule has 0 atom stereocenters. The van der Waals surface area contributed by atoms with Gasteiger partial charge in [0.25, 0.3) is 5.91 Å². The van der Waals surface area contributed by atoms with Crippen LogP contribution in [0.1, 0.15) is 90.6 Å². The van der Waals surface area contributed by atoms with Gasteiger partial charge in [0, 0.05) is 28.3 Å². The van der Waals surface area contributed by atoms with Crippen molar-refractivity contribution in [3.8, 4) is 27.8 Å². The number of fused-ring (bicyclic) bond motifs is 6. The summed E-state index contributed by atoms with van der Waals surface area (Å²) in [6, 6.07) is 32.2. The van der Waals surface area contributed by atoms with Gasteiger partial charge in [-0.25, -0.2) is 23.5 Å². The average molecular weight is 1120 g/mol. The van der Waals surface area contributed by atoms with E-state index in [0.29, 0.717) is 37.1 Å². The molecule has 0 saturated heterocycles. The quantitative estimate of drug-likeness (QED) is 0.0545. The smallest absolute Gasteiger partial charge is 0.326 e. The molecule has 2 saturated carbocycles. The normalized spacial score (nSPS) is 16.9. The number of amides is 3. The molecule has 2 aliphatic carbocycles. The third kappa shape index (κ3) is 11.3. The van der Waals surface area contributed by atoms with E-state index < -0.39 is 16.1 Å². The van der Waals surface area contributed by atoms with Crippen LogP contribution in [-0.2, 0) is 38.7 Å². The summed E-state index contributed by atoms with van der Waals surface area (Å²) in [5.74, 6) is 4.27. The van der Waals surface area contributed by atoms with Gasteiger partial charge in [-0.1, -0.05) is 116 Å². The molecule has 0 bridgehead atoms. The number of nitrogens with zero attached hydrogens (tertiary/aromatic N) is 6. The number of imidazole rings is 1. The zero-order chi connectivity index (χ0) is 52.3. The number of aryl methyl sites for hydroxylation is 1. The van der Waals surface area contributed by atoms with Crippen molar-refractivity contribution in [2.24, 2.45) is 17.9 Å². The molecule has 5 aromatic carbocycles. The number of halogens is 2. The van der Waals surface area contributed by atoms with Crippen molar-refractivity contribution in [2.45, 2.75) is 87.2 Å². The van der Waals surface area contributed by atoms with Gasteiger partial charge in [0.1, 0.15) is 9.88 Å². The summed E-state index contributed by atoms with van der Waals surface area (Å²) in [4.78, 5) is 42.9. The van der Waals surface area contributed by atoms with Crippen molar-refractivity contribution >= 4 is 113 Å². The summed E-state index contributed by atoms with van der Waals surface area (Å²) in [5.41, 5.74) is 8.19. The minimum Gasteiger partial charge on any atom is -0.345 e. The van der Waals surface area contributed by atoms with Crippen molar-refractivity contribution < 1.29 is 27.3 Å². The SMILES string of the molecule is Cn1nc(-c2ccc(Cl)c(SOON)c2)sc1=NC1CCCCC1.N#Cc1ccc(CN2c3c(sc4ccccc34)C(=O)NS2(=O)=O)cc1.O=C1Nc2c(Cl)cc(-c3ccc4nc[nH]c4c3)cc2C2(CCCCC2)N1. The lowest BCUT2D eigenvalue weighted by Crippen LogP contribution is -2.52. The molecule has 75 heavy (non-hydrogen) atoms. The molecule has 386 valence electrons. The number of carbonyl (C=O) groups is 2. The molecule has 2 fully saturated rings. The van der Waals surface area contributed by atoms with Crippen LogP contribution in [0.4, 0.5) is 16.2 Å². The lowest BCUT2D eigenvalue weighted by atomic mass is 9.74.